The van der Waals surface area contributed by atoms with Gasteiger partial charge in [0.2, 0.25) is 5.95 Å². The summed E-state index contributed by atoms with van der Waals surface area (Å²) in [5.74, 6) is 1.61. The van der Waals surface area contributed by atoms with E-state index >= 15 is 0 Å². The van der Waals surface area contributed by atoms with Crippen LogP contribution >= 0.6 is 0 Å². The Hall–Kier alpha value is -5.64. The largest absolute Gasteiger partial charge is 0.497 e. The van der Waals surface area contributed by atoms with Gasteiger partial charge in [0.1, 0.15) is 29.3 Å². The van der Waals surface area contributed by atoms with Gasteiger partial charge < -0.3 is 33.6 Å². The minimum absolute atomic E-state index is 0.131. The fourth-order valence-electron chi connectivity index (χ4n) is 7.44. The van der Waals surface area contributed by atoms with Crippen molar-refractivity contribution in [3.05, 3.63) is 148 Å². The molecule has 2 N–H and O–H groups in total. The molecule has 4 atom stereocenters. The lowest BCUT2D eigenvalue weighted by Gasteiger charge is -2.41. The number of aromatic amines is 1. The summed E-state index contributed by atoms with van der Waals surface area (Å²) in [4.78, 5) is 31.7. The van der Waals surface area contributed by atoms with E-state index in [0.717, 1.165) is 33.8 Å². The molecule has 1 fully saturated rings. The van der Waals surface area contributed by atoms with Gasteiger partial charge >= 0.3 is 0 Å². The van der Waals surface area contributed by atoms with Crippen LogP contribution in [0.4, 0.5) is 5.95 Å². The fraction of sp³-hybridized carbons (Fsp3) is 0.362. The smallest absolute Gasteiger partial charge is 0.280 e. The van der Waals surface area contributed by atoms with Crippen molar-refractivity contribution in [2.45, 2.75) is 75.5 Å². The van der Waals surface area contributed by atoms with Crippen LogP contribution in [0.25, 0.3) is 11.2 Å². The molecule has 14 heteroatoms. The normalized spacial score (nSPS) is 18.5. The van der Waals surface area contributed by atoms with Gasteiger partial charge in [0, 0.05) is 20.6 Å². The maximum absolute atomic E-state index is 13.4. The Morgan fingerprint density at radius 1 is 0.869 bits per heavy atom. The van der Waals surface area contributed by atoms with Gasteiger partial charge in [-0.15, -0.1) is 0 Å². The summed E-state index contributed by atoms with van der Waals surface area (Å²) >= 11 is 0. The van der Waals surface area contributed by atoms with Crippen LogP contribution in [0, 0.1) is 0 Å². The van der Waals surface area contributed by atoms with Crippen molar-refractivity contribution in [2.75, 3.05) is 34.9 Å². The Labute approximate surface area is 358 Å². The van der Waals surface area contributed by atoms with E-state index in [4.69, 9.17) is 28.4 Å². The molecule has 3 heterocycles. The second-order valence-corrected chi connectivity index (χ2v) is 21.8. The number of ether oxygens (including phenoxy) is 4. The topological polar surface area (TPSA) is 137 Å². The molecule has 0 radical (unpaired) electrons. The number of methoxy groups -OCH3 is 2. The Morgan fingerprint density at radius 3 is 2.00 bits per heavy atom. The zero-order valence-corrected chi connectivity index (χ0v) is 37.5. The highest BCUT2D eigenvalue weighted by atomic mass is 28.4. The second kappa shape index (κ2) is 18.1. The molecule has 61 heavy (non-hydrogen) atoms. The predicted octanol–water partition coefficient (Wildman–Crippen LogP) is 7.81. The Balaban J connectivity index is 1.38. The number of hydrogen-bond acceptors (Lipinski definition) is 10. The summed E-state index contributed by atoms with van der Waals surface area (Å²) in [6.07, 6.45) is 1.31. The van der Waals surface area contributed by atoms with Crippen LogP contribution in [0.5, 0.6) is 11.5 Å². The molecular weight excluding hydrogens is 787 g/mol. The number of aromatic nitrogens is 4. The lowest BCUT2D eigenvalue weighted by Crippen LogP contribution is -2.53. The summed E-state index contributed by atoms with van der Waals surface area (Å²) in [6, 6.07) is 36.0. The van der Waals surface area contributed by atoms with Gasteiger partial charge in [-0.3, -0.25) is 14.3 Å². The van der Waals surface area contributed by atoms with Crippen molar-refractivity contribution in [1.29, 1.82) is 0 Å². The van der Waals surface area contributed by atoms with E-state index in [-0.39, 0.29) is 23.1 Å². The molecule has 2 aromatic heterocycles. The minimum atomic E-state index is -2.49. The SMILES string of the molecule is COc1ccc(C(OC[C@H]2O[C@@H](n3cnc4c(=O)[nH]c(/N=C/N(C)C)nc43)[C@H](O[Si](C)(C)C(C)(C)C)[C@@H]2NCc2ccccc2)(c2ccccc2)c2ccc(OC)cc2)cc1. The first-order valence-electron chi connectivity index (χ1n) is 20.5. The van der Waals surface area contributed by atoms with Crippen LogP contribution in [-0.4, -0.2) is 92.2 Å². The van der Waals surface area contributed by atoms with Gasteiger partial charge in [0.05, 0.1) is 39.5 Å². The molecule has 13 nitrogen and oxygen atoms in total. The fourth-order valence-corrected chi connectivity index (χ4v) is 8.74. The first-order chi connectivity index (χ1) is 29.2. The molecule has 0 aliphatic carbocycles. The first kappa shape index (κ1) is 43.4. The lowest BCUT2D eigenvalue weighted by molar-refractivity contribution is -0.0859. The van der Waals surface area contributed by atoms with Gasteiger partial charge in [-0.2, -0.15) is 4.98 Å². The van der Waals surface area contributed by atoms with Gasteiger partial charge in [0.15, 0.2) is 25.7 Å². The molecule has 1 aliphatic rings. The third kappa shape index (κ3) is 9.19. The molecule has 0 saturated carbocycles. The summed E-state index contributed by atoms with van der Waals surface area (Å²) in [6.45, 7) is 11.8. The minimum Gasteiger partial charge on any atom is -0.497 e. The molecular formula is C47H57N7O6Si. The van der Waals surface area contributed by atoms with Gasteiger partial charge in [0.25, 0.3) is 5.56 Å². The number of H-pyrrole nitrogens is 1. The third-order valence-corrected chi connectivity index (χ3v) is 16.2. The second-order valence-electron chi connectivity index (χ2n) is 17.0. The zero-order chi connectivity index (χ0) is 43.4. The van der Waals surface area contributed by atoms with Crippen molar-refractivity contribution < 1.29 is 23.4 Å². The van der Waals surface area contributed by atoms with E-state index in [1.807, 2.05) is 104 Å². The third-order valence-electron chi connectivity index (χ3n) is 11.7. The van der Waals surface area contributed by atoms with Crippen molar-refractivity contribution in [1.82, 2.24) is 29.7 Å². The quantitative estimate of drug-likeness (QED) is 0.0430. The van der Waals surface area contributed by atoms with Crippen LogP contribution in [-0.2, 0) is 26.0 Å². The van der Waals surface area contributed by atoms with Crippen LogP contribution < -0.4 is 20.3 Å². The average Bonchev–Trinajstić information content (AvgIpc) is 3.83. The molecule has 0 amide bonds. The maximum Gasteiger partial charge on any atom is 0.280 e. The summed E-state index contributed by atoms with van der Waals surface area (Å²) in [5, 5.41) is 3.72. The van der Waals surface area contributed by atoms with Crippen LogP contribution in [0.3, 0.4) is 0 Å². The number of benzene rings is 4. The molecule has 1 aliphatic heterocycles. The molecule has 320 valence electrons. The monoisotopic (exact) mass is 843 g/mol. The van der Waals surface area contributed by atoms with Crippen LogP contribution in [0.1, 0.15) is 49.3 Å². The molecule has 0 bridgehead atoms. The van der Waals surface area contributed by atoms with E-state index in [9.17, 15) is 4.79 Å². The standard InChI is InChI=1S/C47H57N7O6Si/c1-46(2,3)61(8,9)60-41-39(48-28-32-16-12-10-13-17-32)38(59-44(41)54-31-49-40-42(54)51-45(52-43(40)55)50-30-53(4)5)29-58-47(33-18-14-11-15-19-33,34-20-24-36(56-6)25-21-34)35-22-26-37(57-7)27-23-35/h10-27,30-31,38-39,41,44,48H,28-29H2,1-9H3,(H,51,52,55)/b50-30+/t38-,39-,41-,44-/m1/s1. The summed E-state index contributed by atoms with van der Waals surface area (Å²) in [7, 11) is 4.52. The molecule has 0 spiro atoms. The van der Waals surface area contributed by atoms with Gasteiger partial charge in [-0.05, 0) is 64.7 Å². The highest BCUT2D eigenvalue weighted by Gasteiger charge is 2.52. The van der Waals surface area contributed by atoms with Crippen molar-refractivity contribution in [2.24, 2.45) is 4.99 Å². The van der Waals surface area contributed by atoms with E-state index in [2.05, 4.69) is 78.4 Å². The maximum atomic E-state index is 13.4. The van der Waals surface area contributed by atoms with Crippen molar-refractivity contribution in [3.8, 4) is 11.5 Å². The summed E-state index contributed by atoms with van der Waals surface area (Å²) in [5.41, 5.74) is 2.84. The molecule has 7 rings (SSSR count). The Morgan fingerprint density at radius 2 is 1.44 bits per heavy atom. The van der Waals surface area contributed by atoms with E-state index in [0.29, 0.717) is 12.2 Å². The number of fused-ring (bicyclic) bond motifs is 1. The zero-order valence-electron chi connectivity index (χ0n) is 36.5. The molecule has 6 aromatic rings. The predicted molar refractivity (Wildman–Crippen MR) is 241 cm³/mol. The van der Waals surface area contributed by atoms with Crippen molar-refractivity contribution in [3.63, 3.8) is 0 Å². The number of imidazole rings is 1. The van der Waals surface area contributed by atoms with Gasteiger partial charge in [-0.1, -0.05) is 106 Å². The first-order valence-corrected chi connectivity index (χ1v) is 23.4. The van der Waals surface area contributed by atoms with Gasteiger partial charge in [-0.25, -0.2) is 9.98 Å². The van der Waals surface area contributed by atoms with E-state index < -0.39 is 44.0 Å². The number of hydrogen-bond donors (Lipinski definition) is 2. The van der Waals surface area contributed by atoms with E-state index in [1.54, 1.807) is 31.8 Å². The Bertz CT molecular complexity index is 2400. The number of aliphatic imine (C=N–C) groups is 1. The number of rotatable bonds is 16. The Kier molecular flexibility index (Phi) is 12.9. The summed E-state index contributed by atoms with van der Waals surface area (Å²) < 4.78 is 35.1. The lowest BCUT2D eigenvalue weighted by atomic mass is 9.80. The van der Waals surface area contributed by atoms with Crippen LogP contribution in [0.15, 0.2) is 125 Å². The molecule has 0 unspecified atom stereocenters. The molecule has 1 saturated heterocycles. The van der Waals surface area contributed by atoms with E-state index in [1.165, 1.54) is 0 Å². The van der Waals surface area contributed by atoms with Crippen molar-refractivity contribution >= 4 is 31.8 Å². The highest BCUT2D eigenvalue weighted by Crippen LogP contribution is 2.45. The number of nitrogens with zero attached hydrogens (tertiary/aromatic N) is 5. The average molecular weight is 844 g/mol. The highest BCUT2D eigenvalue weighted by molar-refractivity contribution is 6.74. The van der Waals surface area contributed by atoms with Crippen LogP contribution in [0.2, 0.25) is 18.1 Å². The molecule has 4 aromatic carbocycles. The number of nitrogens with one attached hydrogen (secondary N) is 2.